The number of hydrogen-bond acceptors (Lipinski definition) is 6. The molecule has 0 saturated carbocycles. The predicted octanol–water partition coefficient (Wildman–Crippen LogP) is 2.21. The molecule has 9 heteroatoms. The highest BCUT2D eigenvalue weighted by Crippen LogP contribution is 2.24. The van der Waals surface area contributed by atoms with Gasteiger partial charge in [-0.25, -0.2) is 17.9 Å². The average Bonchev–Trinajstić information content (AvgIpc) is 3.07. The van der Waals surface area contributed by atoms with Crippen LogP contribution in [0, 0.1) is 27.7 Å². The molecule has 0 aliphatic carbocycles. The lowest BCUT2D eigenvalue weighted by Gasteiger charge is -2.14. The molecule has 1 aromatic heterocycles. The van der Waals surface area contributed by atoms with E-state index in [9.17, 15) is 13.2 Å². The first-order valence-electron chi connectivity index (χ1n) is 8.16. The summed E-state index contributed by atoms with van der Waals surface area (Å²) in [6.45, 7) is 7.24. The maximum atomic E-state index is 12.4. The van der Waals surface area contributed by atoms with Crippen molar-refractivity contribution in [3.8, 4) is 0 Å². The first-order chi connectivity index (χ1) is 12.2. The molecule has 1 aliphatic heterocycles. The molecule has 1 aromatic carbocycles. The van der Waals surface area contributed by atoms with E-state index in [0.29, 0.717) is 0 Å². The molecule has 1 saturated heterocycles. The van der Waals surface area contributed by atoms with Crippen LogP contribution in [0.1, 0.15) is 22.6 Å². The maximum Gasteiger partial charge on any atom is 0.414 e. The summed E-state index contributed by atoms with van der Waals surface area (Å²) in [5.41, 5.74) is 3.10. The van der Waals surface area contributed by atoms with E-state index in [1.165, 1.54) is 11.8 Å². The zero-order chi connectivity index (χ0) is 19.1. The van der Waals surface area contributed by atoms with Crippen LogP contribution in [0.5, 0.6) is 0 Å². The molecule has 1 fully saturated rings. The van der Waals surface area contributed by atoms with Crippen molar-refractivity contribution >= 4 is 21.8 Å². The molecule has 1 unspecified atom stereocenters. The van der Waals surface area contributed by atoms with Gasteiger partial charge in [-0.2, -0.15) is 0 Å². The van der Waals surface area contributed by atoms with Gasteiger partial charge in [-0.15, -0.1) is 0 Å². The number of cyclic esters (lactones) is 1. The summed E-state index contributed by atoms with van der Waals surface area (Å²) in [4.78, 5) is 13.7. The van der Waals surface area contributed by atoms with Crippen LogP contribution in [0.15, 0.2) is 27.6 Å². The summed E-state index contributed by atoms with van der Waals surface area (Å²) < 4.78 is 37.6. The number of sulfonamides is 1. The normalized spacial score (nSPS) is 17.6. The number of ether oxygens (including phenoxy) is 1. The van der Waals surface area contributed by atoms with Gasteiger partial charge in [0, 0.05) is 12.2 Å². The standard InChI is InChI=1S/C17H21N3O5S/c1-10-5-11(2)7-14(6-10)20-9-15(24-17(20)21)8-18-26(22,23)16-12(3)19-25-13(16)4/h5-7,15,18H,8-9H2,1-4H3. The number of aromatic nitrogens is 1. The van der Waals surface area contributed by atoms with Gasteiger partial charge in [0.2, 0.25) is 10.0 Å². The van der Waals surface area contributed by atoms with Crippen LogP contribution in [0.2, 0.25) is 0 Å². The zero-order valence-corrected chi connectivity index (χ0v) is 15.9. The third-order valence-corrected chi connectivity index (χ3v) is 5.80. The summed E-state index contributed by atoms with van der Waals surface area (Å²) in [5, 5.41) is 3.65. The summed E-state index contributed by atoms with van der Waals surface area (Å²) >= 11 is 0. The Labute approximate surface area is 152 Å². The fraction of sp³-hybridized carbons (Fsp3) is 0.412. The molecule has 2 aromatic rings. The van der Waals surface area contributed by atoms with Crippen molar-refractivity contribution in [2.75, 3.05) is 18.0 Å². The highest BCUT2D eigenvalue weighted by Gasteiger charge is 2.34. The summed E-state index contributed by atoms with van der Waals surface area (Å²) in [7, 11) is -3.79. The second-order valence-electron chi connectivity index (χ2n) is 6.47. The number of benzene rings is 1. The average molecular weight is 379 g/mol. The Morgan fingerprint density at radius 3 is 2.42 bits per heavy atom. The Bertz CT molecular complexity index is 912. The molecule has 0 bridgehead atoms. The number of aryl methyl sites for hydroxylation is 4. The third-order valence-electron chi connectivity index (χ3n) is 4.13. The monoisotopic (exact) mass is 379 g/mol. The van der Waals surface area contributed by atoms with Crippen LogP contribution < -0.4 is 9.62 Å². The third kappa shape index (κ3) is 3.58. The maximum absolute atomic E-state index is 12.4. The molecule has 26 heavy (non-hydrogen) atoms. The number of nitrogens with one attached hydrogen (secondary N) is 1. The second-order valence-corrected chi connectivity index (χ2v) is 8.17. The molecule has 1 aliphatic rings. The van der Waals surface area contributed by atoms with Crippen molar-refractivity contribution in [3.63, 3.8) is 0 Å². The Hall–Kier alpha value is -2.39. The quantitative estimate of drug-likeness (QED) is 0.855. The van der Waals surface area contributed by atoms with E-state index in [1.807, 2.05) is 32.0 Å². The van der Waals surface area contributed by atoms with Crippen LogP contribution in [-0.2, 0) is 14.8 Å². The van der Waals surface area contributed by atoms with E-state index in [4.69, 9.17) is 9.26 Å². The Morgan fingerprint density at radius 2 is 1.85 bits per heavy atom. The van der Waals surface area contributed by atoms with Crippen molar-refractivity contribution in [2.24, 2.45) is 0 Å². The lowest BCUT2D eigenvalue weighted by Crippen LogP contribution is -2.35. The van der Waals surface area contributed by atoms with Gasteiger partial charge < -0.3 is 9.26 Å². The second kappa shape index (κ2) is 6.73. The van der Waals surface area contributed by atoms with E-state index in [2.05, 4.69) is 9.88 Å². The predicted molar refractivity (Wildman–Crippen MR) is 94.7 cm³/mol. The smallest absolute Gasteiger partial charge is 0.414 e. The SMILES string of the molecule is Cc1cc(C)cc(N2CC(CNS(=O)(=O)c3c(C)noc3C)OC2=O)c1. The molecule has 0 spiro atoms. The van der Waals surface area contributed by atoms with Gasteiger partial charge in [0.05, 0.1) is 6.54 Å². The minimum atomic E-state index is -3.79. The minimum absolute atomic E-state index is 0.0213. The van der Waals surface area contributed by atoms with E-state index in [0.717, 1.165) is 16.8 Å². The number of carbonyl (C=O) groups excluding carboxylic acids is 1. The molecule has 140 valence electrons. The van der Waals surface area contributed by atoms with Gasteiger partial charge in [-0.3, -0.25) is 4.90 Å². The van der Waals surface area contributed by atoms with Gasteiger partial charge in [-0.05, 0) is 51.0 Å². The zero-order valence-electron chi connectivity index (χ0n) is 15.1. The number of anilines is 1. The lowest BCUT2D eigenvalue weighted by atomic mass is 10.1. The highest BCUT2D eigenvalue weighted by atomic mass is 32.2. The van der Waals surface area contributed by atoms with Gasteiger partial charge >= 0.3 is 6.09 Å². The van der Waals surface area contributed by atoms with E-state index < -0.39 is 22.2 Å². The van der Waals surface area contributed by atoms with Crippen LogP contribution >= 0.6 is 0 Å². The Morgan fingerprint density at radius 1 is 1.19 bits per heavy atom. The summed E-state index contributed by atoms with van der Waals surface area (Å²) in [6, 6.07) is 5.80. The highest BCUT2D eigenvalue weighted by molar-refractivity contribution is 7.89. The molecule has 8 nitrogen and oxygen atoms in total. The van der Waals surface area contributed by atoms with Crippen LogP contribution in [-0.4, -0.2) is 38.9 Å². The van der Waals surface area contributed by atoms with Crippen LogP contribution in [0.4, 0.5) is 10.5 Å². The van der Waals surface area contributed by atoms with E-state index in [1.54, 1.807) is 6.92 Å². The molecule has 2 heterocycles. The number of carbonyl (C=O) groups is 1. The van der Waals surface area contributed by atoms with Crippen LogP contribution in [0.3, 0.4) is 0 Å². The number of rotatable bonds is 5. The van der Waals surface area contributed by atoms with Gasteiger partial charge in [0.15, 0.2) is 5.76 Å². The van der Waals surface area contributed by atoms with E-state index in [-0.39, 0.29) is 29.4 Å². The molecule has 0 radical (unpaired) electrons. The van der Waals surface area contributed by atoms with Crippen molar-refractivity contribution in [1.29, 1.82) is 0 Å². The first-order valence-corrected chi connectivity index (χ1v) is 9.64. The van der Waals surface area contributed by atoms with Gasteiger partial charge in [-0.1, -0.05) is 11.2 Å². The first kappa shape index (κ1) is 18.4. The van der Waals surface area contributed by atoms with Crippen LogP contribution in [0.25, 0.3) is 0 Å². The molecule has 3 rings (SSSR count). The molecular formula is C17H21N3O5S. The van der Waals surface area contributed by atoms with E-state index >= 15 is 0 Å². The Balaban J connectivity index is 1.70. The lowest BCUT2D eigenvalue weighted by molar-refractivity contribution is 0.143. The van der Waals surface area contributed by atoms with Crippen molar-refractivity contribution in [3.05, 3.63) is 40.8 Å². The number of nitrogens with zero attached hydrogens (tertiary/aromatic N) is 2. The van der Waals surface area contributed by atoms with Crippen molar-refractivity contribution in [2.45, 2.75) is 38.7 Å². The van der Waals surface area contributed by atoms with Gasteiger partial charge in [0.25, 0.3) is 0 Å². The number of hydrogen-bond donors (Lipinski definition) is 1. The molecule has 1 amide bonds. The fourth-order valence-electron chi connectivity index (χ4n) is 3.08. The minimum Gasteiger partial charge on any atom is -0.443 e. The molecule has 1 N–H and O–H groups in total. The van der Waals surface area contributed by atoms with Crippen molar-refractivity contribution < 1.29 is 22.5 Å². The summed E-state index contributed by atoms with van der Waals surface area (Å²) in [6.07, 6.45) is -1.07. The largest absolute Gasteiger partial charge is 0.443 e. The topological polar surface area (TPSA) is 102 Å². The molecule has 1 atom stereocenters. The Kier molecular flexibility index (Phi) is 4.76. The summed E-state index contributed by atoms with van der Waals surface area (Å²) in [5.74, 6) is 0.218. The van der Waals surface area contributed by atoms with Gasteiger partial charge in [0.1, 0.15) is 16.7 Å². The fourth-order valence-corrected chi connectivity index (χ4v) is 4.47. The van der Waals surface area contributed by atoms with Crippen molar-refractivity contribution in [1.82, 2.24) is 9.88 Å². The number of amides is 1. The molecular weight excluding hydrogens is 358 g/mol.